The number of guanidine groups is 1. The summed E-state index contributed by atoms with van der Waals surface area (Å²) in [4.78, 5) is 7.33. The van der Waals surface area contributed by atoms with Crippen molar-refractivity contribution >= 4 is 29.9 Å². The second kappa shape index (κ2) is 13.5. The minimum atomic E-state index is 0. The first-order valence-corrected chi connectivity index (χ1v) is 11.3. The summed E-state index contributed by atoms with van der Waals surface area (Å²) in [6.45, 7) is 10.4. The topological polar surface area (TPSA) is 58.1 Å². The molecular weight excluding hydrogens is 515 g/mol. The number of likely N-dealkylation sites (tertiary alicyclic amines) is 1. The average molecular weight is 553 g/mol. The lowest BCUT2D eigenvalue weighted by molar-refractivity contribution is 0.167. The van der Waals surface area contributed by atoms with Gasteiger partial charge in [-0.15, -0.1) is 24.0 Å². The highest BCUT2D eigenvalue weighted by Gasteiger charge is 2.21. The van der Waals surface area contributed by atoms with Crippen LogP contribution in [-0.2, 0) is 6.54 Å². The second-order valence-corrected chi connectivity index (χ2v) is 8.14. The molecule has 0 bridgehead atoms. The van der Waals surface area contributed by atoms with Gasteiger partial charge in [0.15, 0.2) is 17.5 Å². The summed E-state index contributed by atoms with van der Waals surface area (Å²) in [6, 6.07) is 16.8. The van der Waals surface area contributed by atoms with Crippen LogP contribution in [0.1, 0.15) is 39.2 Å². The van der Waals surface area contributed by atoms with Gasteiger partial charge in [0.2, 0.25) is 0 Å². The van der Waals surface area contributed by atoms with Crippen molar-refractivity contribution in [3.8, 4) is 17.2 Å². The molecule has 1 aliphatic heterocycles. The van der Waals surface area contributed by atoms with Crippen LogP contribution in [0.15, 0.2) is 53.5 Å². The van der Waals surface area contributed by atoms with Crippen LogP contribution in [-0.4, -0.2) is 49.7 Å². The Labute approximate surface area is 209 Å². The van der Waals surface area contributed by atoms with Crippen molar-refractivity contribution in [1.82, 2.24) is 15.5 Å². The van der Waals surface area contributed by atoms with Crippen molar-refractivity contribution in [3.05, 3.63) is 54.1 Å². The Morgan fingerprint density at radius 3 is 2.31 bits per heavy atom. The van der Waals surface area contributed by atoms with Gasteiger partial charge in [-0.05, 0) is 63.4 Å². The molecule has 1 aliphatic rings. The summed E-state index contributed by atoms with van der Waals surface area (Å²) in [5, 5.41) is 6.99. The Morgan fingerprint density at radius 2 is 1.72 bits per heavy atom. The molecule has 2 aromatic rings. The van der Waals surface area contributed by atoms with Gasteiger partial charge in [-0.3, -0.25) is 0 Å². The molecule has 0 atom stereocenters. The molecule has 0 aliphatic carbocycles. The molecule has 0 aromatic heterocycles. The molecule has 0 spiro atoms. The number of benzene rings is 2. The zero-order valence-electron chi connectivity index (χ0n) is 19.6. The normalized spacial score (nSPS) is 15.2. The largest absolute Gasteiger partial charge is 0.493 e. The molecule has 0 unspecified atom stereocenters. The van der Waals surface area contributed by atoms with E-state index in [9.17, 15) is 0 Å². The lowest BCUT2D eigenvalue weighted by Crippen LogP contribution is -2.49. The molecule has 7 heteroatoms. The fraction of sp³-hybridized carbons (Fsp3) is 0.480. The van der Waals surface area contributed by atoms with E-state index in [4.69, 9.17) is 14.5 Å². The Bertz CT molecular complexity index is 834. The number of hydrogen-bond donors (Lipinski definition) is 2. The van der Waals surface area contributed by atoms with E-state index in [0.29, 0.717) is 24.4 Å². The maximum Gasteiger partial charge on any atom is 0.191 e. The van der Waals surface area contributed by atoms with Crippen molar-refractivity contribution in [3.63, 3.8) is 0 Å². The third-order valence-electron chi connectivity index (χ3n) is 5.58. The smallest absolute Gasteiger partial charge is 0.191 e. The zero-order valence-corrected chi connectivity index (χ0v) is 22.0. The first-order valence-electron chi connectivity index (χ1n) is 11.3. The van der Waals surface area contributed by atoms with Gasteiger partial charge in [0.05, 0.1) is 13.7 Å². The van der Waals surface area contributed by atoms with Crippen LogP contribution in [0.4, 0.5) is 0 Å². The van der Waals surface area contributed by atoms with Gasteiger partial charge in [-0.2, -0.15) is 0 Å². The molecule has 3 rings (SSSR count). The molecule has 0 radical (unpaired) electrons. The van der Waals surface area contributed by atoms with Gasteiger partial charge < -0.3 is 25.0 Å². The number of hydrogen-bond acceptors (Lipinski definition) is 4. The van der Waals surface area contributed by atoms with E-state index < -0.39 is 0 Å². The third kappa shape index (κ3) is 7.85. The number of nitrogens with zero attached hydrogens (tertiary/aromatic N) is 2. The highest BCUT2D eigenvalue weighted by Crippen LogP contribution is 2.30. The van der Waals surface area contributed by atoms with E-state index in [1.807, 2.05) is 36.4 Å². The molecule has 0 amide bonds. The number of aliphatic imine (C=N–C) groups is 1. The monoisotopic (exact) mass is 552 g/mol. The first kappa shape index (κ1) is 26.3. The summed E-state index contributed by atoms with van der Waals surface area (Å²) in [5.74, 6) is 3.09. The molecule has 1 heterocycles. The Kier molecular flexibility index (Phi) is 11.1. The van der Waals surface area contributed by atoms with Gasteiger partial charge in [-0.25, -0.2) is 4.99 Å². The number of nitrogens with one attached hydrogen (secondary N) is 2. The summed E-state index contributed by atoms with van der Waals surface area (Å²) in [6.07, 6.45) is 2.30. The van der Waals surface area contributed by atoms with E-state index in [0.717, 1.165) is 55.5 Å². The Hall–Kier alpha value is -2.00. The Morgan fingerprint density at radius 1 is 1.06 bits per heavy atom. The van der Waals surface area contributed by atoms with E-state index in [1.54, 1.807) is 7.11 Å². The van der Waals surface area contributed by atoms with E-state index in [1.165, 1.54) is 0 Å². The van der Waals surface area contributed by atoms with Crippen LogP contribution < -0.4 is 20.1 Å². The second-order valence-electron chi connectivity index (χ2n) is 8.14. The molecule has 32 heavy (non-hydrogen) atoms. The summed E-state index contributed by atoms with van der Waals surface area (Å²) in [7, 11) is 1.65. The molecular formula is C25H37IN4O2. The molecule has 6 nitrogen and oxygen atoms in total. The van der Waals surface area contributed by atoms with Crippen molar-refractivity contribution < 1.29 is 9.47 Å². The quantitative estimate of drug-likeness (QED) is 0.273. The number of rotatable bonds is 8. The van der Waals surface area contributed by atoms with Crippen molar-refractivity contribution in [1.29, 1.82) is 0 Å². The standard InChI is InChI=1S/C25H36N4O2.HI/c1-5-26-25(28-21-14-16-29(17-15-21)19(2)3)27-18-20-10-12-22(13-11-20)31-24-9-7-6-8-23(24)30-4;/h6-13,19,21H,5,14-18H2,1-4H3,(H2,26,27,28);1H. The van der Waals surface area contributed by atoms with E-state index in [2.05, 4.69) is 48.4 Å². The summed E-state index contributed by atoms with van der Waals surface area (Å²) in [5.41, 5.74) is 1.14. The highest BCUT2D eigenvalue weighted by atomic mass is 127. The molecule has 2 N–H and O–H groups in total. The molecule has 1 saturated heterocycles. The average Bonchev–Trinajstić information content (AvgIpc) is 2.79. The summed E-state index contributed by atoms with van der Waals surface area (Å²) >= 11 is 0. The summed E-state index contributed by atoms with van der Waals surface area (Å²) < 4.78 is 11.3. The van der Waals surface area contributed by atoms with Crippen LogP contribution in [0.2, 0.25) is 0 Å². The van der Waals surface area contributed by atoms with Gasteiger partial charge in [0, 0.05) is 31.7 Å². The lowest BCUT2D eigenvalue weighted by atomic mass is 10.0. The van der Waals surface area contributed by atoms with Crippen LogP contribution in [0, 0.1) is 0 Å². The van der Waals surface area contributed by atoms with Crippen molar-refractivity contribution in [2.45, 2.75) is 52.2 Å². The molecule has 1 fully saturated rings. The SMILES string of the molecule is CCNC(=NCc1ccc(Oc2ccccc2OC)cc1)NC1CCN(C(C)C)CC1.I. The fourth-order valence-corrected chi connectivity index (χ4v) is 3.74. The van der Waals surface area contributed by atoms with Crippen LogP contribution >= 0.6 is 24.0 Å². The van der Waals surface area contributed by atoms with E-state index in [-0.39, 0.29) is 24.0 Å². The minimum Gasteiger partial charge on any atom is -0.493 e. The fourth-order valence-electron chi connectivity index (χ4n) is 3.74. The van der Waals surface area contributed by atoms with Crippen molar-refractivity contribution in [2.24, 2.45) is 4.99 Å². The number of piperidine rings is 1. The molecule has 0 saturated carbocycles. The molecule has 2 aromatic carbocycles. The number of ether oxygens (including phenoxy) is 2. The van der Waals surface area contributed by atoms with Gasteiger partial charge in [0.1, 0.15) is 5.75 Å². The van der Waals surface area contributed by atoms with Crippen LogP contribution in [0.5, 0.6) is 17.2 Å². The minimum absolute atomic E-state index is 0. The highest BCUT2D eigenvalue weighted by molar-refractivity contribution is 14.0. The number of para-hydroxylation sites is 2. The van der Waals surface area contributed by atoms with Crippen LogP contribution in [0.3, 0.4) is 0 Å². The maximum absolute atomic E-state index is 5.96. The van der Waals surface area contributed by atoms with Crippen molar-refractivity contribution in [2.75, 3.05) is 26.7 Å². The number of methoxy groups -OCH3 is 1. The van der Waals surface area contributed by atoms with E-state index >= 15 is 0 Å². The lowest BCUT2D eigenvalue weighted by Gasteiger charge is -2.35. The first-order chi connectivity index (χ1) is 15.1. The maximum atomic E-state index is 5.96. The zero-order chi connectivity index (χ0) is 22.1. The molecule has 176 valence electrons. The van der Waals surface area contributed by atoms with Gasteiger partial charge in [0.25, 0.3) is 0 Å². The Balaban J connectivity index is 0.00000363. The predicted molar refractivity (Wildman–Crippen MR) is 143 cm³/mol. The third-order valence-corrected chi connectivity index (χ3v) is 5.58. The van der Waals surface area contributed by atoms with Crippen LogP contribution in [0.25, 0.3) is 0 Å². The number of halogens is 1. The van der Waals surface area contributed by atoms with Gasteiger partial charge >= 0.3 is 0 Å². The van der Waals surface area contributed by atoms with Gasteiger partial charge in [-0.1, -0.05) is 24.3 Å². The predicted octanol–water partition coefficient (Wildman–Crippen LogP) is 5.03.